The number of benzene rings is 2. The molecular formula is C24H22N4O6. The number of Topliss-reactive ketones (excluding diaryl/α,β-unsaturated/α-hetero) is 1. The van der Waals surface area contributed by atoms with Gasteiger partial charge in [0.05, 0.1) is 11.0 Å². The van der Waals surface area contributed by atoms with Gasteiger partial charge in [-0.05, 0) is 30.7 Å². The van der Waals surface area contributed by atoms with E-state index in [1.165, 1.54) is 0 Å². The molecular weight excluding hydrogens is 440 g/mol. The van der Waals surface area contributed by atoms with Crippen LogP contribution in [0.4, 0.5) is 5.82 Å². The molecule has 4 rings (SSSR count). The van der Waals surface area contributed by atoms with Crippen LogP contribution in [0.3, 0.4) is 0 Å². The second-order valence-electron chi connectivity index (χ2n) is 7.70. The third kappa shape index (κ3) is 4.01. The van der Waals surface area contributed by atoms with Crippen LogP contribution in [0.15, 0.2) is 62.9 Å². The molecule has 0 amide bonds. The number of H-pyrrole nitrogens is 1. The molecule has 0 bridgehead atoms. The zero-order chi connectivity index (χ0) is 24.4. The number of nitrogens with zero attached hydrogens (tertiary/aromatic N) is 2. The third-order valence-corrected chi connectivity index (χ3v) is 5.50. The number of ketones is 1. The molecule has 0 radical (unpaired) electrons. The SMILES string of the molecule is CCCn1c(N)c(C(=O)COC(=O)Cn2c3ccccc3c(=O)c3ccccc32)c(=O)[nH]c1=O. The summed E-state index contributed by atoms with van der Waals surface area (Å²) in [4.78, 5) is 64.3. The van der Waals surface area contributed by atoms with Gasteiger partial charge in [-0.1, -0.05) is 31.2 Å². The maximum absolute atomic E-state index is 12.8. The number of ether oxygens (including phenoxy) is 1. The number of hydrogen-bond donors (Lipinski definition) is 2. The monoisotopic (exact) mass is 462 g/mol. The Morgan fingerprint density at radius 2 is 1.53 bits per heavy atom. The predicted molar refractivity (Wildman–Crippen MR) is 127 cm³/mol. The standard InChI is InChI=1S/C24H22N4O6/c1-2-11-27-22(25)20(23(32)26-24(27)33)18(29)13-34-19(30)12-28-16-9-5-3-7-14(16)21(31)15-8-4-6-10-17(15)28/h3-10H,2,11-13,25H2,1H3,(H,26,32,33). The lowest BCUT2D eigenvalue weighted by Gasteiger charge is -2.15. The highest BCUT2D eigenvalue weighted by Gasteiger charge is 2.21. The van der Waals surface area contributed by atoms with Crippen molar-refractivity contribution in [2.24, 2.45) is 0 Å². The molecule has 0 atom stereocenters. The molecule has 0 saturated carbocycles. The molecule has 3 N–H and O–H groups in total. The maximum Gasteiger partial charge on any atom is 0.329 e. The van der Waals surface area contributed by atoms with Crippen molar-refractivity contribution < 1.29 is 14.3 Å². The molecule has 0 aliphatic rings. The molecule has 0 aliphatic heterocycles. The number of aromatic nitrogens is 3. The topological polar surface area (TPSA) is 146 Å². The van der Waals surface area contributed by atoms with Crippen molar-refractivity contribution in [2.75, 3.05) is 12.3 Å². The van der Waals surface area contributed by atoms with Crippen molar-refractivity contribution in [1.82, 2.24) is 14.1 Å². The summed E-state index contributed by atoms with van der Waals surface area (Å²) in [6.07, 6.45) is 0.556. The number of carbonyl (C=O) groups is 2. The lowest BCUT2D eigenvalue weighted by atomic mass is 10.1. The van der Waals surface area contributed by atoms with Gasteiger partial charge in [0.2, 0.25) is 5.78 Å². The van der Waals surface area contributed by atoms with E-state index in [0.717, 1.165) is 4.57 Å². The van der Waals surface area contributed by atoms with E-state index in [9.17, 15) is 24.0 Å². The van der Waals surface area contributed by atoms with Gasteiger partial charge in [-0.2, -0.15) is 0 Å². The summed E-state index contributed by atoms with van der Waals surface area (Å²) in [7, 11) is 0. The van der Waals surface area contributed by atoms with Crippen LogP contribution in [0.2, 0.25) is 0 Å². The predicted octanol–water partition coefficient (Wildman–Crippen LogP) is 1.42. The molecule has 10 nitrogen and oxygen atoms in total. The fourth-order valence-electron chi connectivity index (χ4n) is 3.94. The minimum absolute atomic E-state index is 0.150. The number of rotatable bonds is 7. The van der Waals surface area contributed by atoms with Crippen molar-refractivity contribution >= 4 is 39.4 Å². The highest BCUT2D eigenvalue weighted by molar-refractivity contribution is 6.01. The Balaban J connectivity index is 1.62. The zero-order valence-corrected chi connectivity index (χ0v) is 18.4. The van der Waals surface area contributed by atoms with Gasteiger partial charge in [-0.25, -0.2) is 4.79 Å². The van der Waals surface area contributed by atoms with Crippen molar-refractivity contribution in [2.45, 2.75) is 26.4 Å². The number of nitrogen functional groups attached to an aromatic ring is 1. The van der Waals surface area contributed by atoms with E-state index in [-0.39, 0.29) is 24.3 Å². The van der Waals surface area contributed by atoms with Crippen molar-refractivity contribution in [3.63, 3.8) is 0 Å². The van der Waals surface area contributed by atoms with Gasteiger partial charge >= 0.3 is 11.7 Å². The summed E-state index contributed by atoms with van der Waals surface area (Å²) in [6, 6.07) is 13.8. The van der Waals surface area contributed by atoms with Crippen molar-refractivity contribution in [1.29, 1.82) is 0 Å². The van der Waals surface area contributed by atoms with E-state index in [2.05, 4.69) is 4.98 Å². The molecule has 10 heteroatoms. The fourth-order valence-corrected chi connectivity index (χ4v) is 3.94. The molecule has 2 aromatic heterocycles. The smallest absolute Gasteiger partial charge is 0.329 e. The minimum atomic E-state index is -0.937. The molecule has 174 valence electrons. The fraction of sp³-hybridized carbons (Fsp3) is 0.208. The van der Waals surface area contributed by atoms with Crippen LogP contribution >= 0.6 is 0 Å². The molecule has 2 heterocycles. The van der Waals surface area contributed by atoms with Crippen LogP contribution in [0.5, 0.6) is 0 Å². The van der Waals surface area contributed by atoms with Gasteiger partial charge in [-0.3, -0.25) is 28.7 Å². The number of nitrogens with two attached hydrogens (primary N) is 1. The third-order valence-electron chi connectivity index (χ3n) is 5.50. The zero-order valence-electron chi connectivity index (χ0n) is 18.4. The average molecular weight is 462 g/mol. The molecule has 34 heavy (non-hydrogen) atoms. The second kappa shape index (κ2) is 9.18. The largest absolute Gasteiger partial charge is 0.456 e. The number of nitrogens with one attached hydrogen (secondary N) is 1. The summed E-state index contributed by atoms with van der Waals surface area (Å²) in [6.45, 7) is 1.03. The molecule has 0 fully saturated rings. The first kappa shape index (κ1) is 22.7. The van der Waals surface area contributed by atoms with Crippen LogP contribution in [0.1, 0.15) is 23.7 Å². The van der Waals surface area contributed by atoms with Gasteiger partial charge in [0.25, 0.3) is 5.56 Å². The van der Waals surface area contributed by atoms with Crippen LogP contribution < -0.4 is 22.4 Å². The van der Waals surface area contributed by atoms with Crippen LogP contribution in [-0.4, -0.2) is 32.5 Å². The normalized spacial score (nSPS) is 11.1. The minimum Gasteiger partial charge on any atom is -0.456 e. The van der Waals surface area contributed by atoms with E-state index >= 15 is 0 Å². The lowest BCUT2D eigenvalue weighted by molar-refractivity contribution is -0.143. The lowest BCUT2D eigenvalue weighted by Crippen LogP contribution is -2.37. The number of esters is 1. The van der Waals surface area contributed by atoms with E-state index in [1.54, 1.807) is 53.1 Å². The van der Waals surface area contributed by atoms with Crippen LogP contribution in [0.25, 0.3) is 21.8 Å². The van der Waals surface area contributed by atoms with Crippen molar-refractivity contribution in [3.05, 3.63) is 85.2 Å². The van der Waals surface area contributed by atoms with Gasteiger partial charge in [0.1, 0.15) is 17.9 Å². The van der Waals surface area contributed by atoms with Gasteiger partial charge in [0, 0.05) is 17.3 Å². The van der Waals surface area contributed by atoms with E-state index in [4.69, 9.17) is 10.5 Å². The molecule has 4 aromatic rings. The highest BCUT2D eigenvalue weighted by Crippen LogP contribution is 2.19. The molecule has 0 unspecified atom stereocenters. The number of hydrogen-bond acceptors (Lipinski definition) is 7. The quantitative estimate of drug-likeness (QED) is 0.240. The van der Waals surface area contributed by atoms with E-state index in [1.807, 2.05) is 6.92 Å². The molecule has 0 aliphatic carbocycles. The molecule has 0 spiro atoms. The number of pyridine rings is 1. The van der Waals surface area contributed by atoms with Gasteiger partial charge in [-0.15, -0.1) is 0 Å². The van der Waals surface area contributed by atoms with Crippen molar-refractivity contribution in [3.8, 4) is 0 Å². The number of para-hydroxylation sites is 2. The second-order valence-corrected chi connectivity index (χ2v) is 7.70. The van der Waals surface area contributed by atoms with Gasteiger partial charge < -0.3 is 15.0 Å². The Morgan fingerprint density at radius 3 is 2.12 bits per heavy atom. The highest BCUT2D eigenvalue weighted by atomic mass is 16.5. The maximum atomic E-state index is 12.8. The summed E-state index contributed by atoms with van der Waals surface area (Å²) in [5, 5.41) is 0.894. The molecule has 0 saturated heterocycles. The Morgan fingerprint density at radius 1 is 0.941 bits per heavy atom. The first-order chi connectivity index (χ1) is 16.3. The first-order valence-corrected chi connectivity index (χ1v) is 10.6. The van der Waals surface area contributed by atoms with Crippen LogP contribution in [0, 0.1) is 0 Å². The number of anilines is 1. The number of carbonyl (C=O) groups excluding carboxylic acids is 2. The van der Waals surface area contributed by atoms with E-state index < -0.39 is 35.2 Å². The number of fused-ring (bicyclic) bond motifs is 2. The Hall–Kier alpha value is -4.47. The van der Waals surface area contributed by atoms with Gasteiger partial charge in [0.15, 0.2) is 12.0 Å². The summed E-state index contributed by atoms with van der Waals surface area (Å²) in [5.41, 5.74) is 4.74. The average Bonchev–Trinajstić information content (AvgIpc) is 2.83. The summed E-state index contributed by atoms with van der Waals surface area (Å²) >= 11 is 0. The first-order valence-electron chi connectivity index (χ1n) is 10.6. The van der Waals surface area contributed by atoms with Crippen LogP contribution in [-0.2, 0) is 22.6 Å². The Labute approximate surface area is 192 Å². The summed E-state index contributed by atoms with van der Waals surface area (Å²) in [5.74, 6) is -1.84. The Bertz CT molecular complexity index is 1550. The van der Waals surface area contributed by atoms with E-state index in [0.29, 0.717) is 28.2 Å². The molecule has 2 aromatic carbocycles. The summed E-state index contributed by atoms with van der Waals surface area (Å²) < 4.78 is 7.88. The Kier molecular flexibility index (Phi) is 6.13. The number of aromatic amines is 1.